The van der Waals surface area contributed by atoms with Crippen molar-refractivity contribution in [1.29, 1.82) is 0 Å². The number of hydrogen-bond donors (Lipinski definition) is 2. The van der Waals surface area contributed by atoms with Gasteiger partial charge in [0.25, 0.3) is 0 Å². The zero-order valence-corrected chi connectivity index (χ0v) is 14.5. The lowest BCUT2D eigenvalue weighted by molar-refractivity contribution is -0.119. The fraction of sp³-hybridized carbons (Fsp3) is 0.333. The number of aryl methyl sites for hydroxylation is 1. The Labute approximate surface area is 141 Å². The second-order valence-corrected chi connectivity index (χ2v) is 5.94. The molecule has 2 N–H and O–H groups in total. The molecule has 0 aliphatic carbocycles. The van der Waals surface area contributed by atoms with E-state index in [0.717, 1.165) is 15.7 Å². The van der Waals surface area contributed by atoms with E-state index in [9.17, 15) is 4.79 Å². The first-order valence-corrected chi connectivity index (χ1v) is 7.62. The highest BCUT2D eigenvalue weighted by atomic mass is 35.5. The molecule has 2 aromatic rings. The molecule has 0 saturated heterocycles. The molecular weight excluding hydrogens is 320 g/mol. The van der Waals surface area contributed by atoms with Gasteiger partial charge in [0.1, 0.15) is 0 Å². The summed E-state index contributed by atoms with van der Waals surface area (Å²) < 4.78 is 1.97. The lowest BCUT2D eigenvalue weighted by Crippen LogP contribution is -2.28. The van der Waals surface area contributed by atoms with Crippen LogP contribution in [0.2, 0.25) is 0 Å². The standard InChI is InChI=1S/C15H20N4OS.ClH/c1-11(10-16-2)14(20)18-12-4-6-13(7-5-12)21-15-17-8-9-19(15)3;/h4-9,11,16H,10H2,1-3H3,(H,18,20);1H. The van der Waals surface area contributed by atoms with E-state index < -0.39 is 0 Å². The molecule has 120 valence electrons. The minimum absolute atomic E-state index is 0. The van der Waals surface area contributed by atoms with Gasteiger partial charge in [0, 0.05) is 42.5 Å². The number of nitrogens with zero attached hydrogens (tertiary/aromatic N) is 2. The van der Waals surface area contributed by atoms with E-state index in [2.05, 4.69) is 15.6 Å². The van der Waals surface area contributed by atoms with E-state index in [0.29, 0.717) is 6.54 Å². The summed E-state index contributed by atoms with van der Waals surface area (Å²) in [5.74, 6) is -0.0366. The number of benzene rings is 1. The second-order valence-electron chi connectivity index (χ2n) is 4.90. The first kappa shape index (κ1) is 18.5. The summed E-state index contributed by atoms with van der Waals surface area (Å²) in [6.45, 7) is 2.57. The number of carbonyl (C=O) groups excluding carboxylic acids is 1. The summed E-state index contributed by atoms with van der Waals surface area (Å²) in [4.78, 5) is 17.3. The van der Waals surface area contributed by atoms with Crippen LogP contribution in [0.3, 0.4) is 0 Å². The van der Waals surface area contributed by atoms with Gasteiger partial charge in [-0.1, -0.05) is 18.7 Å². The van der Waals surface area contributed by atoms with Crippen molar-refractivity contribution in [2.75, 3.05) is 18.9 Å². The highest BCUT2D eigenvalue weighted by Crippen LogP contribution is 2.26. The molecule has 2 rings (SSSR count). The molecule has 1 aromatic carbocycles. The van der Waals surface area contributed by atoms with Crippen LogP contribution in [0.5, 0.6) is 0 Å². The largest absolute Gasteiger partial charge is 0.329 e. The monoisotopic (exact) mass is 340 g/mol. The van der Waals surface area contributed by atoms with E-state index in [-0.39, 0.29) is 24.2 Å². The molecule has 0 bridgehead atoms. The van der Waals surface area contributed by atoms with Crippen LogP contribution in [0.4, 0.5) is 5.69 Å². The maximum absolute atomic E-state index is 11.9. The maximum Gasteiger partial charge on any atom is 0.228 e. The average Bonchev–Trinajstić information content (AvgIpc) is 2.86. The number of amides is 1. The van der Waals surface area contributed by atoms with Crippen LogP contribution >= 0.6 is 24.2 Å². The molecule has 5 nitrogen and oxygen atoms in total. The fourth-order valence-electron chi connectivity index (χ4n) is 1.83. The third kappa shape index (κ3) is 5.05. The Hall–Kier alpha value is -1.50. The Kier molecular flexibility index (Phi) is 7.44. The van der Waals surface area contributed by atoms with Crippen LogP contribution in [-0.4, -0.2) is 29.1 Å². The third-order valence-corrected chi connectivity index (χ3v) is 4.15. The zero-order valence-electron chi connectivity index (χ0n) is 12.9. The Morgan fingerprint density at radius 1 is 1.36 bits per heavy atom. The number of nitrogens with one attached hydrogen (secondary N) is 2. The first-order chi connectivity index (χ1) is 10.1. The lowest BCUT2D eigenvalue weighted by atomic mass is 10.1. The van der Waals surface area contributed by atoms with Crippen molar-refractivity contribution in [3.05, 3.63) is 36.7 Å². The molecule has 1 unspecified atom stereocenters. The van der Waals surface area contributed by atoms with Crippen LogP contribution in [0.15, 0.2) is 46.7 Å². The fourth-order valence-corrected chi connectivity index (χ4v) is 2.63. The molecule has 1 amide bonds. The molecule has 0 aliphatic rings. The summed E-state index contributed by atoms with van der Waals surface area (Å²) in [7, 11) is 3.81. The minimum atomic E-state index is -0.0587. The van der Waals surface area contributed by atoms with Crippen LogP contribution in [0, 0.1) is 5.92 Å². The number of imidazole rings is 1. The molecule has 22 heavy (non-hydrogen) atoms. The van der Waals surface area contributed by atoms with Gasteiger partial charge >= 0.3 is 0 Å². The maximum atomic E-state index is 11.9. The highest BCUT2D eigenvalue weighted by Gasteiger charge is 2.11. The van der Waals surface area contributed by atoms with Gasteiger partial charge in [-0.3, -0.25) is 4.79 Å². The molecule has 0 spiro atoms. The van der Waals surface area contributed by atoms with Gasteiger partial charge in [-0.25, -0.2) is 4.98 Å². The van der Waals surface area contributed by atoms with E-state index in [1.807, 2.05) is 56.0 Å². The van der Waals surface area contributed by atoms with Gasteiger partial charge < -0.3 is 15.2 Å². The number of rotatable bonds is 6. The summed E-state index contributed by atoms with van der Waals surface area (Å²) in [6, 6.07) is 7.79. The highest BCUT2D eigenvalue weighted by molar-refractivity contribution is 7.99. The van der Waals surface area contributed by atoms with Gasteiger partial charge in [-0.05, 0) is 31.3 Å². The van der Waals surface area contributed by atoms with Crippen LogP contribution in [0.25, 0.3) is 0 Å². The van der Waals surface area contributed by atoms with Gasteiger partial charge in [-0.2, -0.15) is 0 Å². The molecule has 1 aromatic heterocycles. The SMILES string of the molecule is CNCC(C)C(=O)Nc1ccc(Sc2nccn2C)cc1.Cl. The van der Waals surface area contributed by atoms with Crippen molar-refractivity contribution in [2.45, 2.75) is 17.0 Å². The normalized spacial score (nSPS) is 11.6. The second kappa shape index (κ2) is 8.82. The van der Waals surface area contributed by atoms with Gasteiger partial charge in [0.15, 0.2) is 5.16 Å². The lowest BCUT2D eigenvalue weighted by Gasteiger charge is -2.11. The number of anilines is 1. The van der Waals surface area contributed by atoms with Crippen molar-refractivity contribution in [1.82, 2.24) is 14.9 Å². The van der Waals surface area contributed by atoms with Gasteiger partial charge in [-0.15, -0.1) is 12.4 Å². The quantitative estimate of drug-likeness (QED) is 0.849. The minimum Gasteiger partial charge on any atom is -0.329 e. The van der Waals surface area contributed by atoms with E-state index >= 15 is 0 Å². The molecule has 0 radical (unpaired) electrons. The van der Waals surface area contributed by atoms with E-state index in [1.165, 1.54) is 0 Å². The van der Waals surface area contributed by atoms with Gasteiger partial charge in [0.05, 0.1) is 0 Å². The Balaban J connectivity index is 0.00000242. The smallest absolute Gasteiger partial charge is 0.228 e. The summed E-state index contributed by atoms with van der Waals surface area (Å²) >= 11 is 1.59. The van der Waals surface area contributed by atoms with Crippen molar-refractivity contribution < 1.29 is 4.79 Å². The number of halogens is 1. The molecule has 1 heterocycles. The van der Waals surface area contributed by atoms with Crippen LogP contribution in [0.1, 0.15) is 6.92 Å². The Bertz CT molecular complexity index is 600. The average molecular weight is 341 g/mol. The van der Waals surface area contributed by atoms with Gasteiger partial charge in [0.2, 0.25) is 5.91 Å². The number of hydrogen-bond acceptors (Lipinski definition) is 4. The van der Waals surface area contributed by atoms with Crippen molar-refractivity contribution >= 4 is 35.8 Å². The molecule has 1 atom stereocenters. The third-order valence-electron chi connectivity index (χ3n) is 3.07. The topological polar surface area (TPSA) is 59.0 Å². The number of aromatic nitrogens is 2. The predicted octanol–water partition coefficient (Wildman–Crippen LogP) is 2.79. The van der Waals surface area contributed by atoms with Crippen molar-refractivity contribution in [2.24, 2.45) is 13.0 Å². The molecular formula is C15H21ClN4OS. The van der Waals surface area contributed by atoms with Crippen LogP contribution < -0.4 is 10.6 Å². The van der Waals surface area contributed by atoms with Crippen molar-refractivity contribution in [3.8, 4) is 0 Å². The first-order valence-electron chi connectivity index (χ1n) is 6.81. The molecule has 0 fully saturated rings. The zero-order chi connectivity index (χ0) is 15.2. The number of carbonyl (C=O) groups is 1. The Morgan fingerprint density at radius 3 is 2.59 bits per heavy atom. The van der Waals surface area contributed by atoms with Crippen molar-refractivity contribution in [3.63, 3.8) is 0 Å². The van der Waals surface area contributed by atoms with Crippen LogP contribution in [-0.2, 0) is 11.8 Å². The summed E-state index contributed by atoms with van der Waals surface area (Å²) in [6.07, 6.45) is 3.69. The molecule has 0 aliphatic heterocycles. The van der Waals surface area contributed by atoms with E-state index in [4.69, 9.17) is 0 Å². The summed E-state index contributed by atoms with van der Waals surface area (Å²) in [5, 5.41) is 6.85. The molecule has 7 heteroatoms. The summed E-state index contributed by atoms with van der Waals surface area (Å²) in [5.41, 5.74) is 0.812. The predicted molar refractivity (Wildman–Crippen MR) is 92.7 cm³/mol. The Morgan fingerprint density at radius 2 is 2.05 bits per heavy atom. The molecule has 0 saturated carbocycles. The van der Waals surface area contributed by atoms with E-state index in [1.54, 1.807) is 18.0 Å².